The molecule has 2 aromatic rings. The van der Waals surface area contributed by atoms with Crippen molar-refractivity contribution < 1.29 is 112 Å². The topological polar surface area (TPSA) is 335 Å². The van der Waals surface area contributed by atoms with Gasteiger partial charge in [0.1, 0.15) is 60.0 Å². The van der Waals surface area contributed by atoms with Gasteiger partial charge >= 0.3 is 0 Å². The molecule has 0 unspecified atom stereocenters. The third kappa shape index (κ3) is 11.4. The van der Waals surface area contributed by atoms with Crippen LogP contribution in [-0.4, -0.2) is 206 Å². The molecule has 0 radical (unpaired) electrons. The van der Waals surface area contributed by atoms with Gasteiger partial charge < -0.3 is 98.1 Å². The molecule has 5 heterocycles. The molecule has 0 spiro atoms. The number of benzene rings is 2. The van der Waals surface area contributed by atoms with Crippen molar-refractivity contribution in [2.75, 3.05) is 7.11 Å². The molecule has 73 heavy (non-hydrogen) atoms. The first kappa shape index (κ1) is 55.7. The van der Waals surface area contributed by atoms with E-state index in [0.717, 1.165) is 6.92 Å². The highest BCUT2D eigenvalue weighted by molar-refractivity contribution is 6.38. The first-order valence-electron chi connectivity index (χ1n) is 24.9. The maximum atomic E-state index is 14.9. The first-order valence-corrected chi connectivity index (χ1v) is 24.9. The van der Waals surface area contributed by atoms with Crippen molar-refractivity contribution in [1.82, 2.24) is 0 Å². The zero-order valence-electron chi connectivity index (χ0n) is 41.9. The summed E-state index contributed by atoms with van der Waals surface area (Å²) in [6.07, 6.45) is -23.9. The largest absolute Gasteiger partial charge is 0.507 e. The Morgan fingerprint density at radius 3 is 1.48 bits per heavy atom. The second kappa shape index (κ2) is 22.6. The third-order valence-corrected chi connectivity index (χ3v) is 15.1. The van der Waals surface area contributed by atoms with Crippen LogP contribution in [0.2, 0.25) is 0 Å². The average molecular weight is 1040 g/mol. The normalized spacial score (nSPS) is 41.8. The molecule has 23 atom stereocenters. The van der Waals surface area contributed by atoms with Crippen LogP contribution in [0.3, 0.4) is 0 Å². The summed E-state index contributed by atoms with van der Waals surface area (Å²) in [4.78, 5) is 41.0. The van der Waals surface area contributed by atoms with E-state index in [-0.39, 0.29) is 71.7 Å². The second-order valence-electron chi connectivity index (χ2n) is 20.3. The Labute approximate surface area is 421 Å². The summed E-state index contributed by atoms with van der Waals surface area (Å²) in [5, 5.41) is 98.1. The number of hydrogen-bond donors (Lipinski definition) is 9. The van der Waals surface area contributed by atoms with Crippen molar-refractivity contribution in [2.24, 2.45) is 5.92 Å². The molecule has 9 N–H and O–H groups in total. The van der Waals surface area contributed by atoms with Gasteiger partial charge in [-0.1, -0.05) is 0 Å². The van der Waals surface area contributed by atoms with E-state index >= 15 is 0 Å². The molecule has 1 aliphatic carbocycles. The lowest BCUT2D eigenvalue weighted by Crippen LogP contribution is -2.56. The fourth-order valence-corrected chi connectivity index (χ4v) is 10.8. The molecule has 23 heteroatoms. The van der Waals surface area contributed by atoms with Crippen molar-refractivity contribution in [3.63, 3.8) is 0 Å². The summed E-state index contributed by atoms with van der Waals surface area (Å²) in [5.74, 6) is -4.75. The van der Waals surface area contributed by atoms with Crippen LogP contribution < -0.4 is 4.74 Å². The van der Waals surface area contributed by atoms with Gasteiger partial charge in [0.25, 0.3) is 0 Å². The molecule has 0 amide bonds. The molecule has 408 valence electrons. The van der Waals surface area contributed by atoms with E-state index in [1.54, 1.807) is 34.6 Å². The van der Waals surface area contributed by atoms with Crippen LogP contribution >= 0.6 is 0 Å². The van der Waals surface area contributed by atoms with Crippen molar-refractivity contribution in [1.29, 1.82) is 0 Å². The van der Waals surface area contributed by atoms with E-state index in [1.165, 1.54) is 26.2 Å². The third-order valence-electron chi connectivity index (χ3n) is 15.1. The Hall–Kier alpha value is -3.57. The van der Waals surface area contributed by atoms with Crippen LogP contribution in [0.25, 0.3) is 10.8 Å². The van der Waals surface area contributed by atoms with Crippen LogP contribution in [0.1, 0.15) is 95.1 Å². The number of hydrogen-bond acceptors (Lipinski definition) is 23. The number of Topliss-reactive ketones (excluding diaryl/α,β-unsaturated/α-hetero) is 3. The number of aliphatic hydroxyl groups is 7. The quantitative estimate of drug-likeness (QED) is 0.114. The van der Waals surface area contributed by atoms with Crippen LogP contribution in [0.15, 0.2) is 12.1 Å². The van der Waals surface area contributed by atoms with E-state index in [4.69, 9.17) is 52.1 Å². The number of rotatable bonds is 14. The number of phenols is 2. The summed E-state index contributed by atoms with van der Waals surface area (Å²) in [6, 6.07) is 3.06. The minimum Gasteiger partial charge on any atom is -0.507 e. The maximum absolute atomic E-state index is 14.9. The van der Waals surface area contributed by atoms with Gasteiger partial charge in [-0.15, -0.1) is 0 Å². The molecule has 23 nitrogen and oxygen atoms in total. The monoisotopic (exact) mass is 1040 g/mol. The predicted molar refractivity (Wildman–Crippen MR) is 247 cm³/mol. The Bertz CT molecular complexity index is 2290. The Kier molecular flexibility index (Phi) is 17.2. The zero-order valence-corrected chi connectivity index (χ0v) is 41.9. The fraction of sp³-hybridized carbons (Fsp3) is 0.740. The van der Waals surface area contributed by atoms with E-state index in [1.807, 2.05) is 0 Å². The maximum Gasteiger partial charge on any atom is 0.227 e. The van der Waals surface area contributed by atoms with Crippen LogP contribution in [-0.2, 0) is 63.4 Å². The molecule has 6 aliphatic rings. The molecule has 0 saturated carbocycles. The molecule has 5 fully saturated rings. The highest BCUT2D eigenvalue weighted by atomic mass is 16.7. The molecule has 2 aromatic carbocycles. The van der Waals surface area contributed by atoms with Gasteiger partial charge in [-0.3, -0.25) is 14.4 Å². The highest BCUT2D eigenvalue weighted by Gasteiger charge is 2.50. The minimum absolute atomic E-state index is 0.0240. The Morgan fingerprint density at radius 2 is 1.03 bits per heavy atom. The smallest absolute Gasteiger partial charge is 0.227 e. The number of carbonyl (C=O) groups excluding carboxylic acids is 3. The van der Waals surface area contributed by atoms with E-state index in [9.17, 15) is 60.3 Å². The Balaban J connectivity index is 1.03. The molecule has 0 bridgehead atoms. The van der Waals surface area contributed by atoms with Crippen molar-refractivity contribution >= 4 is 28.1 Å². The number of ether oxygens (including phenoxy) is 11. The van der Waals surface area contributed by atoms with E-state index in [2.05, 4.69) is 0 Å². The van der Waals surface area contributed by atoms with Gasteiger partial charge in [0.15, 0.2) is 36.7 Å². The van der Waals surface area contributed by atoms with E-state index in [0.29, 0.717) is 0 Å². The molecular weight excluding hydrogens is 969 g/mol. The average Bonchev–Trinajstić information content (AvgIpc) is 3.32. The summed E-state index contributed by atoms with van der Waals surface area (Å²) in [7, 11) is 1.20. The van der Waals surface area contributed by atoms with Crippen LogP contribution in [0.4, 0.5) is 0 Å². The number of aromatic hydroxyl groups is 2. The number of ketones is 3. The van der Waals surface area contributed by atoms with Crippen LogP contribution in [0.5, 0.6) is 17.2 Å². The van der Waals surface area contributed by atoms with Gasteiger partial charge in [-0.25, -0.2) is 0 Å². The standard InChI is InChI=1S/C50H70O23/c1-17-29(69-35-14-30(44(58)21(5)66-35)70-33-12-27(52)42(56)19(3)64-33)11-25-9-24-10-26(49(63-8)41(55)18(2)51)50(48(62)39(24)47(61)38(25)40(17)54)73-37-16-32(46(60)23(7)68-37)72-36-15-31(45(59)22(6)67-36)71-34-13-28(53)43(57)20(4)65-34/h9,11,19-23,26-28,30-37,42-46,49-50,52-54,56-61H,10,12-16H2,1-8H3/t19-,20-,21-,22-,23-,26+,27-,28-,30-,31-,32-,33+,34+,35+,36+,37+,42-,43-,44-,45+,46-,49+,50+/m1/s1. The molecule has 5 saturated heterocycles. The molecule has 5 aliphatic heterocycles. The second-order valence-corrected chi connectivity index (χ2v) is 20.3. The molecule has 0 aromatic heterocycles. The van der Waals surface area contributed by atoms with Crippen molar-refractivity contribution in [3.8, 4) is 17.2 Å². The number of methoxy groups -OCH3 is 1. The summed E-state index contributed by atoms with van der Waals surface area (Å²) >= 11 is 0. The fourth-order valence-electron chi connectivity index (χ4n) is 10.8. The number of phenolic OH excluding ortho intramolecular Hbond substituents is 2. The summed E-state index contributed by atoms with van der Waals surface area (Å²) in [5.41, 5.74) is 0.135. The van der Waals surface area contributed by atoms with Gasteiger partial charge in [0.2, 0.25) is 12.1 Å². The van der Waals surface area contributed by atoms with Gasteiger partial charge in [-0.2, -0.15) is 0 Å². The van der Waals surface area contributed by atoms with E-state index < -0.39 is 170 Å². The lowest BCUT2D eigenvalue weighted by molar-refractivity contribution is -0.329. The lowest BCUT2D eigenvalue weighted by Gasteiger charge is -2.45. The van der Waals surface area contributed by atoms with Crippen molar-refractivity contribution in [3.05, 3.63) is 28.8 Å². The van der Waals surface area contributed by atoms with Crippen molar-refractivity contribution in [2.45, 2.75) is 222 Å². The summed E-state index contributed by atoms with van der Waals surface area (Å²) in [6.45, 7) is 10.5. The van der Waals surface area contributed by atoms with Gasteiger partial charge in [0, 0.05) is 57.6 Å². The van der Waals surface area contributed by atoms with Crippen LogP contribution in [0, 0.1) is 12.8 Å². The molecule has 8 rings (SSSR count). The first-order chi connectivity index (χ1) is 34.4. The Morgan fingerprint density at radius 1 is 0.603 bits per heavy atom. The molecular formula is C50H70O23. The number of fused-ring (bicyclic) bond motifs is 2. The lowest BCUT2D eigenvalue weighted by atomic mass is 9.75. The summed E-state index contributed by atoms with van der Waals surface area (Å²) < 4.78 is 66.2. The number of carbonyl (C=O) groups is 3. The van der Waals surface area contributed by atoms with Gasteiger partial charge in [-0.05, 0) is 71.0 Å². The van der Waals surface area contributed by atoms with Gasteiger partial charge in [0.05, 0.1) is 72.0 Å². The SMILES string of the molecule is CO[C@H](C(=O)C(C)=O)[C@@H]1Cc2cc3cc(O[C@H]4C[C@@H](O[C@H]5C[C@@H](O)[C@H](O)[C@@H](C)O5)[C@H](O)[C@@H](C)O4)c(C)c(O)c3c(O)c2C(=O)[C@H]1O[C@H]1C[C@@H](O[C@H]2C[C@@H](O[C@H]3C[C@@H](O)[C@H](O)[C@@H](C)O3)[C@@H](O)[C@@H](C)O2)[C@H](O)[C@@H](C)O1. The minimum atomic E-state index is -1.61. The zero-order chi connectivity index (χ0) is 53.1. The highest BCUT2D eigenvalue weighted by Crippen LogP contribution is 2.47. The predicted octanol–water partition coefficient (Wildman–Crippen LogP) is 0.208. The number of aliphatic hydroxyl groups excluding tert-OH is 7.